The van der Waals surface area contributed by atoms with Crippen molar-refractivity contribution in [3.05, 3.63) is 54.4 Å². The third kappa shape index (κ3) is 4.41. The number of piperazine rings is 1. The number of aromatic nitrogens is 5. The van der Waals surface area contributed by atoms with Crippen LogP contribution < -0.4 is 9.80 Å². The fraction of sp³-hybridized carbons (Fsp3) is 0.458. The largest absolute Gasteiger partial charge is 0.340 e. The second-order valence-corrected chi connectivity index (χ2v) is 8.78. The molecule has 0 spiro atoms. The Morgan fingerprint density at radius 2 is 1.62 bits per heavy atom. The summed E-state index contributed by atoms with van der Waals surface area (Å²) in [7, 11) is 2.17. The third-order valence-corrected chi connectivity index (χ3v) is 6.46. The molecule has 0 N–H and O–H groups in total. The number of nitrogens with zero attached hydrogens (tertiary/aromatic N) is 8. The summed E-state index contributed by atoms with van der Waals surface area (Å²) >= 11 is 0. The van der Waals surface area contributed by atoms with E-state index >= 15 is 0 Å². The molecule has 0 aromatic carbocycles. The van der Waals surface area contributed by atoms with Gasteiger partial charge in [0.2, 0.25) is 11.9 Å². The Kier molecular flexibility index (Phi) is 5.94. The maximum absolute atomic E-state index is 5.18. The quantitative estimate of drug-likeness (QED) is 0.626. The van der Waals surface area contributed by atoms with E-state index in [1.807, 2.05) is 49.9 Å². The van der Waals surface area contributed by atoms with Crippen molar-refractivity contribution in [1.29, 1.82) is 0 Å². The van der Waals surface area contributed by atoms with Gasteiger partial charge in [-0.25, -0.2) is 19.9 Å². The Balaban J connectivity index is 1.49. The minimum atomic E-state index is 0.297. The topological polar surface area (TPSA) is 74.2 Å². The van der Waals surface area contributed by atoms with Gasteiger partial charge in [-0.15, -0.1) is 0 Å². The molecule has 5 heterocycles. The summed E-state index contributed by atoms with van der Waals surface area (Å²) in [6, 6.07) is 6.03. The zero-order chi connectivity index (χ0) is 21.9. The molecular weight excluding hydrogens is 400 g/mol. The van der Waals surface area contributed by atoms with Crippen LogP contribution in [0.4, 0.5) is 11.9 Å². The van der Waals surface area contributed by atoms with Crippen LogP contribution in [0.2, 0.25) is 0 Å². The average Bonchev–Trinajstić information content (AvgIpc) is 2.85. The van der Waals surface area contributed by atoms with Crippen LogP contribution in [-0.2, 0) is 0 Å². The molecule has 2 fully saturated rings. The average molecular weight is 431 g/mol. The first kappa shape index (κ1) is 20.8. The Morgan fingerprint density at radius 3 is 2.41 bits per heavy atom. The van der Waals surface area contributed by atoms with Gasteiger partial charge >= 0.3 is 0 Å². The third-order valence-electron chi connectivity index (χ3n) is 6.46. The van der Waals surface area contributed by atoms with Crippen LogP contribution in [0.3, 0.4) is 0 Å². The minimum absolute atomic E-state index is 0.297. The summed E-state index contributed by atoms with van der Waals surface area (Å²) in [5.74, 6) is 1.95. The van der Waals surface area contributed by atoms with Gasteiger partial charge in [-0.3, -0.25) is 4.98 Å². The summed E-state index contributed by atoms with van der Waals surface area (Å²) in [5, 5.41) is 0. The molecule has 2 aliphatic rings. The van der Waals surface area contributed by atoms with E-state index in [9.17, 15) is 0 Å². The molecule has 32 heavy (non-hydrogen) atoms. The molecule has 5 rings (SSSR count). The van der Waals surface area contributed by atoms with Crippen molar-refractivity contribution in [3.8, 4) is 11.1 Å². The zero-order valence-electron chi connectivity index (χ0n) is 18.9. The first-order valence-corrected chi connectivity index (χ1v) is 11.4. The predicted molar refractivity (Wildman–Crippen MR) is 126 cm³/mol. The molecule has 1 atom stereocenters. The molecule has 2 saturated heterocycles. The lowest BCUT2D eigenvalue weighted by atomic mass is 9.90. The van der Waals surface area contributed by atoms with Gasteiger partial charge in [0.15, 0.2) is 0 Å². The fourth-order valence-electron chi connectivity index (χ4n) is 4.58. The van der Waals surface area contributed by atoms with Gasteiger partial charge in [0, 0.05) is 81.2 Å². The lowest BCUT2D eigenvalue weighted by Gasteiger charge is -2.35. The summed E-state index contributed by atoms with van der Waals surface area (Å²) in [6.45, 7) is 7.83. The molecule has 2 aliphatic heterocycles. The zero-order valence-corrected chi connectivity index (χ0v) is 18.9. The van der Waals surface area contributed by atoms with Crippen molar-refractivity contribution in [3.63, 3.8) is 0 Å². The highest BCUT2D eigenvalue weighted by Crippen LogP contribution is 2.34. The van der Waals surface area contributed by atoms with Gasteiger partial charge in [-0.1, -0.05) is 0 Å². The Bertz CT molecular complexity index is 1050. The Hall–Kier alpha value is -3.13. The van der Waals surface area contributed by atoms with Crippen molar-refractivity contribution < 1.29 is 0 Å². The highest BCUT2D eigenvalue weighted by atomic mass is 15.3. The van der Waals surface area contributed by atoms with Gasteiger partial charge < -0.3 is 14.7 Å². The first-order chi connectivity index (χ1) is 15.7. The summed E-state index contributed by atoms with van der Waals surface area (Å²) < 4.78 is 0. The molecular formula is C24H30N8. The van der Waals surface area contributed by atoms with Crippen LogP contribution >= 0.6 is 0 Å². The number of pyridine rings is 1. The molecule has 0 amide bonds. The fourth-order valence-corrected chi connectivity index (χ4v) is 4.58. The van der Waals surface area contributed by atoms with Crippen LogP contribution in [0, 0.1) is 6.92 Å². The normalized spacial score (nSPS) is 19.9. The van der Waals surface area contributed by atoms with E-state index in [0.29, 0.717) is 5.92 Å². The van der Waals surface area contributed by atoms with Gasteiger partial charge in [0.05, 0.1) is 5.69 Å². The van der Waals surface area contributed by atoms with Crippen LogP contribution in [0.15, 0.2) is 43.0 Å². The lowest BCUT2D eigenvalue weighted by molar-refractivity contribution is 0.311. The number of rotatable bonds is 4. The van der Waals surface area contributed by atoms with Crippen molar-refractivity contribution >= 4 is 11.9 Å². The van der Waals surface area contributed by atoms with E-state index in [0.717, 1.165) is 86.5 Å². The number of piperidine rings is 1. The maximum atomic E-state index is 5.18. The smallest absolute Gasteiger partial charge is 0.225 e. The summed E-state index contributed by atoms with van der Waals surface area (Å²) in [4.78, 5) is 30.3. The maximum Gasteiger partial charge on any atom is 0.225 e. The number of aryl methyl sites for hydroxylation is 1. The van der Waals surface area contributed by atoms with Crippen molar-refractivity contribution in [2.24, 2.45) is 0 Å². The van der Waals surface area contributed by atoms with Crippen LogP contribution in [0.5, 0.6) is 0 Å². The van der Waals surface area contributed by atoms with E-state index in [4.69, 9.17) is 9.97 Å². The van der Waals surface area contributed by atoms with E-state index < -0.39 is 0 Å². The minimum Gasteiger partial charge on any atom is -0.340 e. The summed E-state index contributed by atoms with van der Waals surface area (Å²) in [5.41, 5.74) is 4.33. The molecule has 3 aromatic heterocycles. The summed E-state index contributed by atoms with van der Waals surface area (Å²) in [6.07, 6.45) is 9.71. The molecule has 0 unspecified atom stereocenters. The highest BCUT2D eigenvalue weighted by Gasteiger charge is 2.28. The monoisotopic (exact) mass is 430 g/mol. The number of hydrogen-bond donors (Lipinski definition) is 0. The highest BCUT2D eigenvalue weighted by molar-refractivity contribution is 5.66. The van der Waals surface area contributed by atoms with Crippen LogP contribution in [0.1, 0.15) is 30.1 Å². The lowest BCUT2D eigenvalue weighted by Crippen LogP contribution is -2.45. The number of hydrogen-bond acceptors (Lipinski definition) is 8. The van der Waals surface area contributed by atoms with Gasteiger partial charge in [-0.05, 0) is 50.6 Å². The number of anilines is 2. The van der Waals surface area contributed by atoms with Gasteiger partial charge in [0.1, 0.15) is 0 Å². The second-order valence-electron chi connectivity index (χ2n) is 8.78. The van der Waals surface area contributed by atoms with E-state index in [-0.39, 0.29) is 0 Å². The SMILES string of the molecule is Cc1ccnc(N2CCC[C@H](c3nc(N4CCN(C)CC4)ncc3-c3ccncc3)C2)n1. The van der Waals surface area contributed by atoms with Gasteiger partial charge in [-0.2, -0.15) is 0 Å². The molecule has 0 bridgehead atoms. The van der Waals surface area contributed by atoms with Crippen molar-refractivity contribution in [2.75, 3.05) is 56.1 Å². The van der Waals surface area contributed by atoms with E-state index in [1.54, 1.807) is 0 Å². The Labute approximate surface area is 189 Å². The molecule has 0 aliphatic carbocycles. The first-order valence-electron chi connectivity index (χ1n) is 11.4. The number of likely N-dealkylation sites (N-methyl/N-ethyl adjacent to an activating group) is 1. The van der Waals surface area contributed by atoms with Crippen molar-refractivity contribution in [2.45, 2.75) is 25.7 Å². The molecule has 0 saturated carbocycles. The second kappa shape index (κ2) is 9.16. The van der Waals surface area contributed by atoms with Crippen molar-refractivity contribution in [1.82, 2.24) is 29.8 Å². The van der Waals surface area contributed by atoms with E-state index in [2.05, 4.69) is 36.7 Å². The molecule has 8 nitrogen and oxygen atoms in total. The standard InChI is InChI=1S/C24H30N8/c1-18-5-10-26-23(28-18)32-11-3-4-20(17-32)22-21(19-6-8-25-9-7-19)16-27-24(29-22)31-14-12-30(2)13-15-31/h5-10,16,20H,3-4,11-15,17H2,1-2H3/t20-/m0/s1. The molecule has 166 valence electrons. The molecule has 0 radical (unpaired) electrons. The van der Waals surface area contributed by atoms with Crippen LogP contribution in [-0.4, -0.2) is 76.1 Å². The molecule has 8 heteroatoms. The predicted octanol–water partition coefficient (Wildman–Crippen LogP) is 2.77. The molecule has 3 aromatic rings. The Morgan fingerprint density at radius 1 is 0.844 bits per heavy atom. The van der Waals surface area contributed by atoms with Gasteiger partial charge in [0.25, 0.3) is 0 Å². The van der Waals surface area contributed by atoms with Crippen LogP contribution in [0.25, 0.3) is 11.1 Å². The van der Waals surface area contributed by atoms with E-state index in [1.165, 1.54) is 0 Å².